The molecule has 1 amide bonds. The Kier molecular flexibility index (Phi) is 9.40. The van der Waals surface area contributed by atoms with Crippen LogP contribution in [-0.4, -0.2) is 77.9 Å². The first kappa shape index (κ1) is 32.0. The summed E-state index contributed by atoms with van der Waals surface area (Å²) in [4.78, 5) is 25.9. The number of amides is 1. The van der Waals surface area contributed by atoms with Gasteiger partial charge in [0.1, 0.15) is 41.5 Å². The Labute approximate surface area is 272 Å². The van der Waals surface area contributed by atoms with E-state index in [0.29, 0.717) is 87.6 Å². The summed E-state index contributed by atoms with van der Waals surface area (Å²) in [5, 5.41) is 14.4. The van der Waals surface area contributed by atoms with Crippen molar-refractivity contribution in [3.8, 4) is 23.0 Å². The zero-order chi connectivity index (χ0) is 33.0. The first-order valence-corrected chi connectivity index (χ1v) is 16.8. The van der Waals surface area contributed by atoms with Gasteiger partial charge < -0.3 is 30.2 Å². The fourth-order valence-electron chi connectivity index (χ4n) is 5.30. The molecule has 0 spiro atoms. The van der Waals surface area contributed by atoms with Crippen molar-refractivity contribution in [3.63, 3.8) is 0 Å². The molecular formula is C32H36N8O6S. The van der Waals surface area contributed by atoms with Gasteiger partial charge in [-0.2, -0.15) is 15.7 Å². The molecule has 1 aliphatic rings. The van der Waals surface area contributed by atoms with E-state index in [0.717, 1.165) is 5.56 Å². The Morgan fingerprint density at radius 2 is 1.79 bits per heavy atom. The number of pyridine rings is 1. The molecule has 6 rings (SSSR count). The number of carbonyl (C=O) groups excluding carboxylic acids is 1. The molecule has 14 nitrogen and oxygen atoms in total. The number of aryl methyl sites for hydroxylation is 1. The number of benzene rings is 2. The first-order chi connectivity index (χ1) is 22.7. The van der Waals surface area contributed by atoms with Crippen LogP contribution in [0, 0.1) is 6.92 Å². The predicted octanol–water partition coefficient (Wildman–Crippen LogP) is 5.53. The number of hydrogen-bond donors (Lipinski definition) is 5. The Morgan fingerprint density at radius 1 is 1.00 bits per heavy atom. The van der Waals surface area contributed by atoms with Crippen molar-refractivity contribution in [2.75, 3.05) is 42.9 Å². The summed E-state index contributed by atoms with van der Waals surface area (Å²) >= 11 is 0. The number of nitrogens with zero attached hydrogens (tertiary/aromatic N) is 5. The minimum atomic E-state index is -2.42. The second-order valence-corrected chi connectivity index (χ2v) is 13.5. The van der Waals surface area contributed by atoms with Crippen molar-refractivity contribution < 1.29 is 28.1 Å². The van der Waals surface area contributed by atoms with Crippen molar-refractivity contribution in [2.24, 2.45) is 0 Å². The summed E-state index contributed by atoms with van der Waals surface area (Å²) in [6.45, 7) is 2.41. The minimum absolute atomic E-state index is 0.191. The van der Waals surface area contributed by atoms with E-state index >= 15 is 0 Å². The van der Waals surface area contributed by atoms with E-state index in [9.17, 15) is 13.9 Å². The lowest BCUT2D eigenvalue weighted by molar-refractivity contribution is -0.111. The highest BCUT2D eigenvalue weighted by Gasteiger charge is 2.23. The third-order valence-corrected chi connectivity index (χ3v) is 9.60. The average molecular weight is 661 g/mol. The zero-order valence-corrected chi connectivity index (χ0v) is 27.0. The molecule has 5 aromatic rings. The SMILES string of the molecule is COc1cc2ncnc(Nc3cc(C)c(Oc4ccn5ncnc5c4)cc3OC)c2cc1NC(=O)/C=C/CNC1CCS(O)(O)CC1. The Hall–Kier alpha value is -4.96. The maximum atomic E-state index is 12.8. The van der Waals surface area contributed by atoms with Gasteiger partial charge in [-0.25, -0.2) is 19.5 Å². The van der Waals surface area contributed by atoms with E-state index in [1.165, 1.54) is 25.8 Å². The number of rotatable bonds is 11. The number of carbonyl (C=O) groups is 1. The van der Waals surface area contributed by atoms with Gasteiger partial charge in [0, 0.05) is 60.0 Å². The molecule has 15 heteroatoms. The second-order valence-electron chi connectivity index (χ2n) is 11.0. The monoisotopic (exact) mass is 660 g/mol. The van der Waals surface area contributed by atoms with E-state index in [1.54, 1.807) is 48.2 Å². The van der Waals surface area contributed by atoms with E-state index in [4.69, 9.17) is 14.2 Å². The highest BCUT2D eigenvalue weighted by molar-refractivity contribution is 8.24. The van der Waals surface area contributed by atoms with Gasteiger partial charge in [0.05, 0.1) is 31.1 Å². The van der Waals surface area contributed by atoms with Gasteiger partial charge in [-0.15, -0.1) is 0 Å². The molecule has 2 aromatic carbocycles. The number of aromatic nitrogens is 5. The van der Waals surface area contributed by atoms with Crippen molar-refractivity contribution in [1.29, 1.82) is 0 Å². The van der Waals surface area contributed by atoms with E-state index in [-0.39, 0.29) is 11.9 Å². The molecule has 5 N–H and O–H groups in total. The third kappa shape index (κ3) is 7.55. The van der Waals surface area contributed by atoms with Gasteiger partial charge in [0.25, 0.3) is 0 Å². The molecule has 4 heterocycles. The van der Waals surface area contributed by atoms with Gasteiger partial charge in [0.2, 0.25) is 5.91 Å². The predicted molar refractivity (Wildman–Crippen MR) is 182 cm³/mol. The fourth-order valence-corrected chi connectivity index (χ4v) is 6.83. The summed E-state index contributed by atoms with van der Waals surface area (Å²) in [5.74, 6) is 3.19. The van der Waals surface area contributed by atoms with Gasteiger partial charge in [0.15, 0.2) is 5.65 Å². The summed E-state index contributed by atoms with van der Waals surface area (Å²) < 4.78 is 38.7. The van der Waals surface area contributed by atoms with Crippen LogP contribution >= 0.6 is 10.6 Å². The maximum Gasteiger partial charge on any atom is 0.248 e. The van der Waals surface area contributed by atoms with Crippen molar-refractivity contribution >= 4 is 50.2 Å². The summed E-state index contributed by atoms with van der Waals surface area (Å²) in [6, 6.07) is 11.0. The van der Waals surface area contributed by atoms with Gasteiger partial charge in [-0.1, -0.05) is 6.08 Å². The van der Waals surface area contributed by atoms with E-state index < -0.39 is 10.6 Å². The average Bonchev–Trinajstić information content (AvgIpc) is 3.53. The van der Waals surface area contributed by atoms with Crippen LogP contribution < -0.4 is 30.2 Å². The topological polar surface area (TPSA) is 177 Å². The smallest absolute Gasteiger partial charge is 0.248 e. The largest absolute Gasteiger partial charge is 0.494 e. The molecule has 1 fully saturated rings. The molecule has 0 aliphatic carbocycles. The standard InChI is InChI=1S/C32H36N8O6S/c1-20-13-25(29(45-3)17-27(20)46-22-6-10-40-30(14-22)35-19-37-40)39-32-23-15-26(28(44-2)16-24(23)34-18-36-32)38-31(41)5-4-9-33-21-7-11-47(42,43)12-8-21/h4-6,10,13-19,21,33,42-43H,7-9,11-12H2,1-3H3,(H,38,41)(H,34,36,39)/b5-4+. The van der Waals surface area contributed by atoms with Crippen LogP contribution in [0.15, 0.2) is 67.4 Å². The van der Waals surface area contributed by atoms with E-state index in [1.807, 2.05) is 19.1 Å². The van der Waals surface area contributed by atoms with E-state index in [2.05, 4.69) is 36.0 Å². The Morgan fingerprint density at radius 3 is 2.57 bits per heavy atom. The van der Waals surface area contributed by atoms with Gasteiger partial charge >= 0.3 is 0 Å². The molecule has 246 valence electrons. The van der Waals surface area contributed by atoms with Crippen LogP contribution in [0.3, 0.4) is 0 Å². The second kappa shape index (κ2) is 13.8. The molecule has 0 bridgehead atoms. The Balaban J connectivity index is 1.18. The first-order valence-electron chi connectivity index (χ1n) is 14.9. The molecule has 47 heavy (non-hydrogen) atoms. The molecule has 1 saturated heterocycles. The Bertz CT molecular complexity index is 1940. The normalized spacial score (nSPS) is 15.5. The molecule has 0 saturated carbocycles. The summed E-state index contributed by atoms with van der Waals surface area (Å²) in [5.41, 5.74) is 3.24. The van der Waals surface area contributed by atoms with Crippen LogP contribution in [0.1, 0.15) is 18.4 Å². The third-order valence-electron chi connectivity index (χ3n) is 7.82. The van der Waals surface area contributed by atoms with Crippen molar-refractivity contribution in [1.82, 2.24) is 29.9 Å². The van der Waals surface area contributed by atoms with Crippen LogP contribution in [0.2, 0.25) is 0 Å². The number of methoxy groups -OCH3 is 2. The van der Waals surface area contributed by atoms with Crippen LogP contribution in [0.25, 0.3) is 16.6 Å². The van der Waals surface area contributed by atoms with Crippen molar-refractivity contribution in [3.05, 3.63) is 73.0 Å². The number of nitrogens with one attached hydrogen (secondary N) is 3. The molecule has 1 aliphatic heterocycles. The molecular weight excluding hydrogens is 624 g/mol. The fraction of sp³-hybridized carbons (Fsp3) is 0.281. The lowest BCUT2D eigenvalue weighted by Gasteiger charge is -2.39. The minimum Gasteiger partial charge on any atom is -0.494 e. The van der Waals surface area contributed by atoms with Gasteiger partial charge in [-0.05, 0) is 43.5 Å². The quantitative estimate of drug-likeness (QED) is 0.112. The lowest BCUT2D eigenvalue weighted by atomic mass is 10.1. The van der Waals surface area contributed by atoms with Crippen LogP contribution in [0.4, 0.5) is 17.2 Å². The maximum absolute atomic E-state index is 12.8. The summed E-state index contributed by atoms with van der Waals surface area (Å²) in [6.07, 6.45) is 9.29. The van der Waals surface area contributed by atoms with Crippen LogP contribution in [-0.2, 0) is 4.79 Å². The number of ether oxygens (including phenoxy) is 3. The molecule has 3 aromatic heterocycles. The lowest BCUT2D eigenvalue weighted by Crippen LogP contribution is -2.36. The molecule has 0 atom stereocenters. The molecule has 0 radical (unpaired) electrons. The summed E-state index contributed by atoms with van der Waals surface area (Å²) in [7, 11) is 0.678. The highest BCUT2D eigenvalue weighted by atomic mass is 32.3. The van der Waals surface area contributed by atoms with Gasteiger partial charge in [-0.3, -0.25) is 13.9 Å². The highest BCUT2D eigenvalue weighted by Crippen LogP contribution is 2.44. The van der Waals surface area contributed by atoms with Crippen molar-refractivity contribution in [2.45, 2.75) is 25.8 Å². The number of fused-ring (bicyclic) bond motifs is 2. The molecule has 0 unspecified atom stereocenters. The van der Waals surface area contributed by atoms with Crippen LogP contribution in [0.5, 0.6) is 23.0 Å². The number of anilines is 3. The zero-order valence-electron chi connectivity index (χ0n) is 26.1. The number of hydrogen-bond acceptors (Lipinski definition) is 12.